The Labute approximate surface area is 143 Å². The first-order chi connectivity index (χ1) is 11.6. The third-order valence-corrected chi connectivity index (χ3v) is 4.76. The number of rotatable bonds is 5. The van der Waals surface area contributed by atoms with E-state index in [-0.39, 0.29) is 30.8 Å². The fraction of sp³-hybridized carbons (Fsp3) is 0.632. The Balaban J connectivity index is 1.42. The molecule has 0 bridgehead atoms. The van der Waals surface area contributed by atoms with Crippen molar-refractivity contribution in [2.75, 3.05) is 19.8 Å². The average molecular weight is 333 g/mol. The molecule has 1 aliphatic carbocycles. The highest BCUT2D eigenvalue weighted by Gasteiger charge is 2.34. The summed E-state index contributed by atoms with van der Waals surface area (Å²) in [6.07, 6.45) is 3.00. The Morgan fingerprint density at radius 2 is 1.88 bits per heavy atom. The Morgan fingerprint density at radius 3 is 2.58 bits per heavy atom. The summed E-state index contributed by atoms with van der Waals surface area (Å²) in [6.45, 7) is 5.68. The normalized spacial score (nSPS) is 26.7. The summed E-state index contributed by atoms with van der Waals surface area (Å²) < 4.78 is 17.0. The molecule has 5 heteroatoms. The number of nitrogens with one attached hydrogen (secondary N) is 1. The van der Waals surface area contributed by atoms with Crippen molar-refractivity contribution in [2.24, 2.45) is 0 Å². The van der Waals surface area contributed by atoms with Gasteiger partial charge in [-0.15, -0.1) is 0 Å². The zero-order valence-electron chi connectivity index (χ0n) is 14.5. The molecule has 0 aromatic heterocycles. The van der Waals surface area contributed by atoms with Crippen molar-refractivity contribution in [2.45, 2.75) is 57.3 Å². The molecule has 1 N–H and O–H groups in total. The van der Waals surface area contributed by atoms with Gasteiger partial charge in [0, 0.05) is 6.04 Å². The summed E-state index contributed by atoms with van der Waals surface area (Å²) in [4.78, 5) is 12.1. The second kappa shape index (κ2) is 7.99. The van der Waals surface area contributed by atoms with Crippen molar-refractivity contribution in [1.82, 2.24) is 5.32 Å². The lowest BCUT2D eigenvalue weighted by Crippen LogP contribution is -2.49. The zero-order chi connectivity index (χ0) is 16.9. The van der Waals surface area contributed by atoms with Crippen LogP contribution >= 0.6 is 0 Å². The summed E-state index contributed by atoms with van der Waals surface area (Å²) in [6, 6.07) is 8.06. The van der Waals surface area contributed by atoms with Crippen LogP contribution in [-0.4, -0.2) is 44.0 Å². The Kier molecular flexibility index (Phi) is 5.74. The van der Waals surface area contributed by atoms with E-state index in [0.717, 1.165) is 25.0 Å². The summed E-state index contributed by atoms with van der Waals surface area (Å²) in [7, 11) is 0. The molecule has 2 fully saturated rings. The third kappa shape index (κ3) is 4.48. The first kappa shape index (κ1) is 17.2. The molecule has 132 valence electrons. The molecule has 0 spiro atoms. The van der Waals surface area contributed by atoms with Gasteiger partial charge in [-0.25, -0.2) is 0 Å². The van der Waals surface area contributed by atoms with Gasteiger partial charge in [0.15, 0.2) is 6.61 Å². The lowest BCUT2D eigenvalue weighted by molar-refractivity contribution is -0.158. The van der Waals surface area contributed by atoms with Crippen molar-refractivity contribution >= 4 is 5.91 Å². The van der Waals surface area contributed by atoms with Gasteiger partial charge in [-0.1, -0.05) is 26.0 Å². The molecule has 1 saturated carbocycles. The van der Waals surface area contributed by atoms with Crippen LogP contribution in [0.25, 0.3) is 0 Å². The quantitative estimate of drug-likeness (QED) is 0.900. The molecule has 3 rings (SSSR count). The van der Waals surface area contributed by atoms with E-state index in [1.54, 1.807) is 0 Å². The molecule has 24 heavy (non-hydrogen) atoms. The maximum Gasteiger partial charge on any atom is 0.258 e. The van der Waals surface area contributed by atoms with E-state index < -0.39 is 0 Å². The molecule has 1 aromatic rings. The predicted octanol–water partition coefficient (Wildman–Crippen LogP) is 2.64. The van der Waals surface area contributed by atoms with Gasteiger partial charge < -0.3 is 19.5 Å². The van der Waals surface area contributed by atoms with E-state index in [1.807, 2.05) is 24.3 Å². The SMILES string of the molecule is CC(C)c1ccc(OCC(=O)NC2CCC3OCCOC3C2)cc1. The molecule has 1 aromatic carbocycles. The number of carbonyl (C=O) groups excluding carboxylic acids is 1. The van der Waals surface area contributed by atoms with E-state index in [2.05, 4.69) is 19.2 Å². The largest absolute Gasteiger partial charge is 0.484 e. The smallest absolute Gasteiger partial charge is 0.258 e. The lowest BCUT2D eigenvalue weighted by Gasteiger charge is -2.39. The van der Waals surface area contributed by atoms with Crippen molar-refractivity contribution in [3.8, 4) is 5.75 Å². The second-order valence-electron chi connectivity index (χ2n) is 6.91. The third-order valence-electron chi connectivity index (χ3n) is 4.76. The number of amides is 1. The topological polar surface area (TPSA) is 56.8 Å². The van der Waals surface area contributed by atoms with Gasteiger partial charge in [-0.2, -0.15) is 0 Å². The van der Waals surface area contributed by atoms with E-state index in [0.29, 0.717) is 19.1 Å². The van der Waals surface area contributed by atoms with Crippen LogP contribution in [0.15, 0.2) is 24.3 Å². The Bertz CT molecular complexity index is 543. The molecular formula is C19H27NO4. The molecule has 3 unspecified atom stereocenters. The standard InChI is InChI=1S/C19H27NO4/c1-13(2)14-3-6-16(7-4-14)24-12-19(21)20-15-5-8-17-18(11-15)23-10-9-22-17/h3-4,6-7,13,15,17-18H,5,8-12H2,1-2H3,(H,20,21). The van der Waals surface area contributed by atoms with Crippen LogP contribution in [0.1, 0.15) is 44.6 Å². The zero-order valence-corrected chi connectivity index (χ0v) is 14.5. The number of hydrogen-bond acceptors (Lipinski definition) is 4. The highest BCUT2D eigenvalue weighted by atomic mass is 16.6. The van der Waals surface area contributed by atoms with Crippen molar-refractivity contribution in [3.05, 3.63) is 29.8 Å². The Morgan fingerprint density at radius 1 is 1.17 bits per heavy atom. The van der Waals surface area contributed by atoms with Gasteiger partial charge in [0.25, 0.3) is 5.91 Å². The minimum atomic E-state index is -0.0805. The first-order valence-electron chi connectivity index (χ1n) is 8.87. The van der Waals surface area contributed by atoms with Gasteiger partial charge in [-0.05, 0) is 42.9 Å². The van der Waals surface area contributed by atoms with Crippen LogP contribution < -0.4 is 10.1 Å². The van der Waals surface area contributed by atoms with Crippen LogP contribution in [0.5, 0.6) is 5.75 Å². The summed E-state index contributed by atoms with van der Waals surface area (Å²) in [5.74, 6) is 1.13. The summed E-state index contributed by atoms with van der Waals surface area (Å²) in [5, 5.41) is 3.05. The fourth-order valence-corrected chi connectivity index (χ4v) is 3.36. The predicted molar refractivity (Wildman–Crippen MR) is 91.3 cm³/mol. The monoisotopic (exact) mass is 333 g/mol. The molecule has 1 amide bonds. The summed E-state index contributed by atoms with van der Waals surface area (Å²) >= 11 is 0. The Hall–Kier alpha value is -1.59. The van der Waals surface area contributed by atoms with Crippen LogP contribution in [0.3, 0.4) is 0 Å². The maximum atomic E-state index is 12.1. The number of benzene rings is 1. The molecule has 3 atom stereocenters. The summed E-state index contributed by atoms with van der Waals surface area (Å²) in [5.41, 5.74) is 1.26. The number of fused-ring (bicyclic) bond motifs is 1. The highest BCUT2D eigenvalue weighted by molar-refractivity contribution is 5.77. The van der Waals surface area contributed by atoms with Crippen LogP contribution in [0.2, 0.25) is 0 Å². The van der Waals surface area contributed by atoms with Gasteiger partial charge in [0.05, 0.1) is 25.4 Å². The number of hydrogen-bond donors (Lipinski definition) is 1. The average Bonchev–Trinajstić information content (AvgIpc) is 2.60. The van der Waals surface area contributed by atoms with Crippen molar-refractivity contribution in [1.29, 1.82) is 0 Å². The van der Waals surface area contributed by atoms with Gasteiger partial charge in [0.1, 0.15) is 5.75 Å². The second-order valence-corrected chi connectivity index (χ2v) is 6.91. The van der Waals surface area contributed by atoms with E-state index in [4.69, 9.17) is 14.2 Å². The van der Waals surface area contributed by atoms with E-state index in [9.17, 15) is 4.79 Å². The molecule has 2 aliphatic rings. The maximum absolute atomic E-state index is 12.1. The lowest BCUT2D eigenvalue weighted by atomic mass is 9.89. The fourth-order valence-electron chi connectivity index (χ4n) is 3.36. The molecule has 1 aliphatic heterocycles. The van der Waals surface area contributed by atoms with Gasteiger partial charge in [-0.3, -0.25) is 4.79 Å². The van der Waals surface area contributed by atoms with E-state index in [1.165, 1.54) is 5.56 Å². The number of carbonyl (C=O) groups is 1. The molecule has 1 heterocycles. The van der Waals surface area contributed by atoms with Crippen LogP contribution in [0.4, 0.5) is 0 Å². The minimum absolute atomic E-state index is 0.0446. The van der Waals surface area contributed by atoms with Gasteiger partial charge in [0.2, 0.25) is 0 Å². The van der Waals surface area contributed by atoms with Gasteiger partial charge >= 0.3 is 0 Å². The number of ether oxygens (including phenoxy) is 3. The molecular weight excluding hydrogens is 306 g/mol. The van der Waals surface area contributed by atoms with Crippen molar-refractivity contribution < 1.29 is 19.0 Å². The minimum Gasteiger partial charge on any atom is -0.484 e. The molecule has 1 saturated heterocycles. The molecule has 5 nitrogen and oxygen atoms in total. The molecule has 0 radical (unpaired) electrons. The van der Waals surface area contributed by atoms with Crippen LogP contribution in [0, 0.1) is 0 Å². The van der Waals surface area contributed by atoms with Crippen molar-refractivity contribution in [3.63, 3.8) is 0 Å². The highest BCUT2D eigenvalue weighted by Crippen LogP contribution is 2.26. The first-order valence-corrected chi connectivity index (χ1v) is 8.87. The van der Waals surface area contributed by atoms with E-state index >= 15 is 0 Å². The van der Waals surface area contributed by atoms with Crippen LogP contribution in [-0.2, 0) is 14.3 Å².